The maximum atomic E-state index is 13.1. The summed E-state index contributed by atoms with van der Waals surface area (Å²) in [6.45, 7) is 0. The first-order valence-corrected chi connectivity index (χ1v) is 10.8. The lowest BCUT2D eigenvalue weighted by Gasteiger charge is -2.16. The lowest BCUT2D eigenvalue weighted by atomic mass is 10.1. The molecule has 0 saturated heterocycles. The van der Waals surface area contributed by atoms with Crippen molar-refractivity contribution in [1.29, 1.82) is 0 Å². The average molecular weight is 455 g/mol. The summed E-state index contributed by atoms with van der Waals surface area (Å²) in [5, 5.41) is 3.26. The highest BCUT2D eigenvalue weighted by atomic mass is 79.9. The van der Waals surface area contributed by atoms with Crippen LogP contribution in [-0.2, 0) is 4.79 Å². The number of benzene rings is 3. The van der Waals surface area contributed by atoms with Gasteiger partial charge in [-0.15, -0.1) is 11.8 Å². The highest BCUT2D eigenvalue weighted by Crippen LogP contribution is 2.37. The number of amides is 1. The van der Waals surface area contributed by atoms with Crippen LogP contribution in [0.3, 0.4) is 0 Å². The molecule has 1 heterocycles. The molecule has 1 atom stereocenters. The van der Waals surface area contributed by atoms with E-state index in [1.807, 2.05) is 78.9 Å². The van der Waals surface area contributed by atoms with Gasteiger partial charge in [-0.25, -0.2) is 4.98 Å². The van der Waals surface area contributed by atoms with Gasteiger partial charge in [-0.1, -0.05) is 75.8 Å². The van der Waals surface area contributed by atoms with Crippen molar-refractivity contribution in [2.75, 3.05) is 5.32 Å². The van der Waals surface area contributed by atoms with E-state index in [-0.39, 0.29) is 11.2 Å². The normalized spacial score (nSPS) is 12.0. The topological polar surface area (TPSA) is 42.0 Å². The molecule has 0 bridgehead atoms. The molecule has 3 aromatic carbocycles. The minimum Gasteiger partial charge on any atom is -0.301 e. The number of fused-ring (bicyclic) bond motifs is 1. The van der Waals surface area contributed by atoms with Crippen LogP contribution in [0, 0.1) is 0 Å². The molecule has 0 spiro atoms. The summed E-state index contributed by atoms with van der Waals surface area (Å²) < 4.78 is 2.03. The molecule has 3 nitrogen and oxygen atoms in total. The molecule has 1 amide bonds. The molecule has 0 aliphatic heterocycles. The standard InChI is InChI=1S/C21H15BrN2OS2/c22-15-11-12-17-18(13-15)27-21(23-17)24-20(25)19(14-7-3-1-4-8-14)26-16-9-5-2-6-10-16/h1-13,19H,(H,23,24,25). The fraction of sp³-hybridized carbons (Fsp3) is 0.0476. The van der Waals surface area contributed by atoms with Gasteiger partial charge < -0.3 is 5.32 Å². The number of hydrogen-bond donors (Lipinski definition) is 1. The molecule has 4 rings (SSSR count). The van der Waals surface area contributed by atoms with Gasteiger partial charge in [-0.2, -0.15) is 0 Å². The summed E-state index contributed by atoms with van der Waals surface area (Å²) in [4.78, 5) is 18.7. The zero-order chi connectivity index (χ0) is 18.6. The summed E-state index contributed by atoms with van der Waals surface area (Å²) in [5.41, 5.74) is 1.85. The van der Waals surface area contributed by atoms with E-state index in [1.54, 1.807) is 0 Å². The zero-order valence-corrected chi connectivity index (χ0v) is 17.4. The molecular formula is C21H15BrN2OS2. The lowest BCUT2D eigenvalue weighted by molar-refractivity contribution is -0.115. The fourth-order valence-electron chi connectivity index (χ4n) is 2.66. The number of thioether (sulfide) groups is 1. The largest absolute Gasteiger partial charge is 0.301 e. The number of carbonyl (C=O) groups is 1. The Labute approximate surface area is 174 Å². The van der Waals surface area contributed by atoms with Crippen molar-refractivity contribution in [3.05, 3.63) is 88.9 Å². The number of nitrogens with zero attached hydrogens (tertiary/aromatic N) is 1. The molecule has 0 saturated carbocycles. The van der Waals surface area contributed by atoms with Crippen LogP contribution in [0.5, 0.6) is 0 Å². The van der Waals surface area contributed by atoms with Crippen molar-refractivity contribution in [2.24, 2.45) is 0 Å². The van der Waals surface area contributed by atoms with Gasteiger partial charge in [0, 0.05) is 9.37 Å². The van der Waals surface area contributed by atoms with Gasteiger partial charge in [0.2, 0.25) is 5.91 Å². The zero-order valence-electron chi connectivity index (χ0n) is 14.1. The van der Waals surface area contributed by atoms with E-state index >= 15 is 0 Å². The van der Waals surface area contributed by atoms with E-state index in [0.717, 1.165) is 25.1 Å². The third-order valence-corrected chi connectivity index (χ3v) is 6.61. The molecule has 1 aromatic heterocycles. The Balaban J connectivity index is 1.61. The smallest absolute Gasteiger partial charge is 0.244 e. The Hall–Kier alpha value is -2.15. The van der Waals surface area contributed by atoms with Gasteiger partial charge in [0.15, 0.2) is 5.13 Å². The van der Waals surface area contributed by atoms with E-state index in [1.165, 1.54) is 23.1 Å². The molecule has 27 heavy (non-hydrogen) atoms. The molecule has 0 aliphatic carbocycles. The van der Waals surface area contributed by atoms with Gasteiger partial charge in [-0.3, -0.25) is 4.79 Å². The second kappa shape index (κ2) is 8.25. The number of thiazole rings is 1. The van der Waals surface area contributed by atoms with Crippen molar-refractivity contribution in [1.82, 2.24) is 4.98 Å². The molecule has 4 aromatic rings. The minimum absolute atomic E-state index is 0.0758. The maximum Gasteiger partial charge on any atom is 0.244 e. The molecule has 0 radical (unpaired) electrons. The SMILES string of the molecule is O=C(Nc1nc2ccc(Br)cc2s1)C(Sc1ccccc1)c1ccccc1. The summed E-state index contributed by atoms with van der Waals surface area (Å²) in [6, 6.07) is 25.7. The summed E-state index contributed by atoms with van der Waals surface area (Å²) in [5.74, 6) is -0.0758. The van der Waals surface area contributed by atoms with Gasteiger partial charge in [0.05, 0.1) is 10.2 Å². The van der Waals surface area contributed by atoms with Crippen molar-refractivity contribution in [3.63, 3.8) is 0 Å². The van der Waals surface area contributed by atoms with Gasteiger partial charge in [0.25, 0.3) is 0 Å². The van der Waals surface area contributed by atoms with E-state index in [0.29, 0.717) is 5.13 Å². The average Bonchev–Trinajstić information content (AvgIpc) is 3.08. The number of carbonyl (C=O) groups excluding carboxylic acids is 1. The molecule has 1 unspecified atom stereocenters. The van der Waals surface area contributed by atoms with Crippen LogP contribution >= 0.6 is 39.0 Å². The first-order chi connectivity index (χ1) is 13.2. The molecule has 134 valence electrons. The highest BCUT2D eigenvalue weighted by molar-refractivity contribution is 9.10. The Morgan fingerprint density at radius 3 is 2.44 bits per heavy atom. The minimum atomic E-state index is -0.354. The molecule has 0 fully saturated rings. The first-order valence-electron chi connectivity index (χ1n) is 8.33. The van der Waals surface area contributed by atoms with E-state index in [4.69, 9.17) is 0 Å². The van der Waals surface area contributed by atoms with E-state index < -0.39 is 0 Å². The van der Waals surface area contributed by atoms with Crippen LogP contribution in [0.4, 0.5) is 5.13 Å². The van der Waals surface area contributed by atoms with Crippen LogP contribution in [0.15, 0.2) is 88.2 Å². The summed E-state index contributed by atoms with van der Waals surface area (Å²) in [6.07, 6.45) is 0. The monoisotopic (exact) mass is 454 g/mol. The number of rotatable bonds is 5. The highest BCUT2D eigenvalue weighted by Gasteiger charge is 2.23. The van der Waals surface area contributed by atoms with Crippen LogP contribution in [0.25, 0.3) is 10.2 Å². The quantitative estimate of drug-likeness (QED) is 0.348. The van der Waals surface area contributed by atoms with Crippen molar-refractivity contribution >= 4 is 60.3 Å². The Morgan fingerprint density at radius 2 is 1.70 bits per heavy atom. The van der Waals surface area contributed by atoms with Crippen LogP contribution in [0.1, 0.15) is 10.8 Å². The summed E-state index contributed by atoms with van der Waals surface area (Å²) >= 11 is 6.48. The Kier molecular flexibility index (Phi) is 5.57. The van der Waals surface area contributed by atoms with Gasteiger partial charge in [0.1, 0.15) is 5.25 Å². The molecule has 6 heteroatoms. The number of nitrogens with one attached hydrogen (secondary N) is 1. The second-order valence-corrected chi connectivity index (χ2v) is 8.97. The number of halogens is 1. The van der Waals surface area contributed by atoms with Crippen molar-refractivity contribution in [2.45, 2.75) is 10.1 Å². The van der Waals surface area contributed by atoms with Crippen LogP contribution in [-0.4, -0.2) is 10.9 Å². The van der Waals surface area contributed by atoms with Crippen LogP contribution in [0.2, 0.25) is 0 Å². The number of hydrogen-bond acceptors (Lipinski definition) is 4. The molecule has 1 N–H and O–H groups in total. The van der Waals surface area contributed by atoms with Crippen molar-refractivity contribution < 1.29 is 4.79 Å². The Bertz CT molecular complexity index is 1070. The third kappa shape index (κ3) is 4.40. The predicted molar refractivity (Wildman–Crippen MR) is 117 cm³/mol. The second-order valence-electron chi connectivity index (χ2n) is 5.84. The van der Waals surface area contributed by atoms with E-state index in [2.05, 4.69) is 26.2 Å². The predicted octanol–water partition coefficient (Wildman–Crippen LogP) is 6.53. The van der Waals surface area contributed by atoms with Crippen molar-refractivity contribution in [3.8, 4) is 0 Å². The molecule has 0 aliphatic rings. The lowest BCUT2D eigenvalue weighted by Crippen LogP contribution is -2.18. The molecular weight excluding hydrogens is 440 g/mol. The van der Waals surface area contributed by atoms with Crippen LogP contribution < -0.4 is 5.32 Å². The third-order valence-electron chi connectivity index (χ3n) is 3.92. The maximum absolute atomic E-state index is 13.1. The van der Waals surface area contributed by atoms with Gasteiger partial charge in [-0.05, 0) is 35.9 Å². The number of anilines is 1. The van der Waals surface area contributed by atoms with Gasteiger partial charge >= 0.3 is 0 Å². The number of aromatic nitrogens is 1. The Morgan fingerprint density at radius 1 is 1.00 bits per heavy atom. The fourth-order valence-corrected chi connectivity index (χ4v) is 5.13. The first kappa shape index (κ1) is 18.2. The van der Waals surface area contributed by atoms with E-state index in [9.17, 15) is 4.79 Å². The summed E-state index contributed by atoms with van der Waals surface area (Å²) in [7, 11) is 0.